The Balaban J connectivity index is 1.84. The van der Waals surface area contributed by atoms with Gasteiger partial charge in [-0.25, -0.2) is 0 Å². The van der Waals surface area contributed by atoms with Gasteiger partial charge in [-0.1, -0.05) is 12.1 Å². The highest BCUT2D eigenvalue weighted by molar-refractivity contribution is 5.38. The summed E-state index contributed by atoms with van der Waals surface area (Å²) in [6.07, 6.45) is -9.14. The van der Waals surface area contributed by atoms with Crippen LogP contribution in [0, 0.1) is 0 Å². The molecule has 0 aliphatic carbocycles. The average molecular weight is 415 g/mol. The third kappa shape index (κ3) is 5.27. The lowest BCUT2D eigenvalue weighted by molar-refractivity contribution is -0.138. The number of rotatable bonds is 4. The molecule has 0 spiro atoms. The fourth-order valence-corrected chi connectivity index (χ4v) is 2.24. The molecule has 2 N–H and O–H groups in total. The number of nitrogen functional groups attached to an aromatic ring is 1. The van der Waals surface area contributed by atoms with E-state index in [0.29, 0.717) is 0 Å². The summed E-state index contributed by atoms with van der Waals surface area (Å²) in [5, 5.41) is 0. The summed E-state index contributed by atoms with van der Waals surface area (Å²) in [6, 6.07) is 9.13. The standard InChI is InChI=1S/C18H11F6N3O2/c19-17(20,21)10-3-1-5-12(7-10)28-14-9-15(27-16(25)26-14)29-13-6-2-4-11(8-13)18(22,23)24/h1-9H,(H2,25,26,27). The SMILES string of the molecule is Nc1nc(Oc2cccc(C(F)(F)F)c2)cc(Oc2cccc(C(F)(F)F)c2)n1. The molecule has 0 saturated carbocycles. The van der Waals surface area contributed by atoms with E-state index in [-0.39, 0.29) is 29.2 Å². The highest BCUT2D eigenvalue weighted by atomic mass is 19.4. The van der Waals surface area contributed by atoms with E-state index in [1.807, 2.05) is 0 Å². The van der Waals surface area contributed by atoms with Crippen LogP contribution in [0.4, 0.5) is 32.3 Å². The Morgan fingerprint density at radius 2 is 1.07 bits per heavy atom. The molecule has 152 valence electrons. The zero-order valence-electron chi connectivity index (χ0n) is 14.3. The first-order chi connectivity index (χ1) is 13.5. The van der Waals surface area contributed by atoms with Crippen molar-refractivity contribution in [1.82, 2.24) is 9.97 Å². The third-order valence-corrected chi connectivity index (χ3v) is 3.46. The summed E-state index contributed by atoms with van der Waals surface area (Å²) < 4.78 is 87.3. The van der Waals surface area contributed by atoms with E-state index in [0.717, 1.165) is 42.5 Å². The van der Waals surface area contributed by atoms with Gasteiger partial charge in [-0.05, 0) is 36.4 Å². The maximum Gasteiger partial charge on any atom is 0.416 e. The van der Waals surface area contributed by atoms with Crippen molar-refractivity contribution in [1.29, 1.82) is 0 Å². The molecular weight excluding hydrogens is 404 g/mol. The van der Waals surface area contributed by atoms with Gasteiger partial charge in [0.2, 0.25) is 17.7 Å². The normalized spacial score (nSPS) is 11.9. The average Bonchev–Trinajstić information content (AvgIpc) is 2.60. The van der Waals surface area contributed by atoms with Gasteiger partial charge in [-0.15, -0.1) is 0 Å². The summed E-state index contributed by atoms with van der Waals surface area (Å²) in [4.78, 5) is 7.45. The van der Waals surface area contributed by atoms with E-state index in [4.69, 9.17) is 15.2 Å². The molecule has 0 aliphatic rings. The van der Waals surface area contributed by atoms with Crippen LogP contribution in [0.25, 0.3) is 0 Å². The number of alkyl halides is 6. The van der Waals surface area contributed by atoms with Gasteiger partial charge in [0.1, 0.15) is 11.5 Å². The molecule has 0 aliphatic heterocycles. The van der Waals surface area contributed by atoms with Gasteiger partial charge >= 0.3 is 12.4 Å². The Morgan fingerprint density at radius 3 is 1.45 bits per heavy atom. The predicted octanol–water partition coefficient (Wildman–Crippen LogP) is 5.68. The Kier molecular flexibility index (Phi) is 5.23. The van der Waals surface area contributed by atoms with Gasteiger partial charge < -0.3 is 15.2 Å². The highest BCUT2D eigenvalue weighted by Gasteiger charge is 2.31. The van der Waals surface area contributed by atoms with Crippen LogP contribution in [0.1, 0.15) is 11.1 Å². The van der Waals surface area contributed by atoms with Crippen LogP contribution in [0.2, 0.25) is 0 Å². The van der Waals surface area contributed by atoms with Gasteiger partial charge in [-0.3, -0.25) is 0 Å². The number of aromatic nitrogens is 2. The number of hydrogen-bond acceptors (Lipinski definition) is 5. The number of benzene rings is 2. The van der Waals surface area contributed by atoms with E-state index < -0.39 is 23.5 Å². The summed E-state index contributed by atoms with van der Waals surface area (Å²) in [7, 11) is 0. The zero-order chi connectivity index (χ0) is 21.2. The second-order valence-corrected chi connectivity index (χ2v) is 5.66. The van der Waals surface area contributed by atoms with Crippen LogP contribution < -0.4 is 15.2 Å². The molecule has 1 heterocycles. The topological polar surface area (TPSA) is 70.3 Å². The van der Waals surface area contributed by atoms with Gasteiger partial charge in [0.05, 0.1) is 17.2 Å². The van der Waals surface area contributed by atoms with Crippen molar-refractivity contribution in [3.63, 3.8) is 0 Å². The predicted molar refractivity (Wildman–Crippen MR) is 89.5 cm³/mol. The third-order valence-electron chi connectivity index (χ3n) is 3.46. The molecule has 0 bridgehead atoms. The molecule has 5 nitrogen and oxygen atoms in total. The molecule has 3 aromatic rings. The van der Waals surface area contributed by atoms with Crippen LogP contribution >= 0.6 is 0 Å². The number of ether oxygens (including phenoxy) is 2. The molecule has 0 radical (unpaired) electrons. The molecule has 0 saturated heterocycles. The fourth-order valence-electron chi connectivity index (χ4n) is 2.24. The molecule has 1 aromatic heterocycles. The summed E-state index contributed by atoms with van der Waals surface area (Å²) >= 11 is 0. The van der Waals surface area contributed by atoms with Crippen LogP contribution in [0.5, 0.6) is 23.3 Å². The second kappa shape index (κ2) is 7.49. The Bertz CT molecular complexity index is 943. The zero-order valence-corrected chi connectivity index (χ0v) is 14.3. The van der Waals surface area contributed by atoms with Crippen molar-refractivity contribution in [2.24, 2.45) is 0 Å². The molecule has 29 heavy (non-hydrogen) atoms. The molecule has 0 fully saturated rings. The summed E-state index contributed by atoms with van der Waals surface area (Å²) in [5.41, 5.74) is 3.66. The van der Waals surface area contributed by atoms with Crippen molar-refractivity contribution >= 4 is 5.95 Å². The largest absolute Gasteiger partial charge is 0.439 e. The van der Waals surface area contributed by atoms with Gasteiger partial charge in [0, 0.05) is 0 Å². The molecule has 3 rings (SSSR count). The minimum atomic E-state index is -4.57. The van der Waals surface area contributed by atoms with Gasteiger partial charge in [-0.2, -0.15) is 36.3 Å². The first-order valence-electron chi connectivity index (χ1n) is 7.85. The first kappa shape index (κ1) is 20.2. The molecule has 0 unspecified atom stereocenters. The van der Waals surface area contributed by atoms with E-state index in [1.165, 1.54) is 12.1 Å². The van der Waals surface area contributed by atoms with Crippen molar-refractivity contribution in [2.45, 2.75) is 12.4 Å². The Labute approximate surface area is 159 Å². The van der Waals surface area contributed by atoms with Crippen molar-refractivity contribution in [3.05, 3.63) is 65.7 Å². The number of nitrogens with zero attached hydrogens (tertiary/aromatic N) is 2. The van der Waals surface area contributed by atoms with E-state index in [1.54, 1.807) is 0 Å². The molecule has 0 atom stereocenters. The van der Waals surface area contributed by atoms with Crippen LogP contribution in [0.3, 0.4) is 0 Å². The molecular formula is C18H11F6N3O2. The lowest BCUT2D eigenvalue weighted by Gasteiger charge is -2.12. The lowest BCUT2D eigenvalue weighted by atomic mass is 10.2. The number of halogens is 6. The lowest BCUT2D eigenvalue weighted by Crippen LogP contribution is -2.05. The smallest absolute Gasteiger partial charge is 0.416 e. The van der Waals surface area contributed by atoms with E-state index in [2.05, 4.69) is 9.97 Å². The molecule has 11 heteroatoms. The fraction of sp³-hybridized carbons (Fsp3) is 0.111. The highest BCUT2D eigenvalue weighted by Crippen LogP contribution is 2.34. The minimum absolute atomic E-state index is 0.178. The minimum Gasteiger partial charge on any atom is -0.439 e. The van der Waals surface area contributed by atoms with Crippen molar-refractivity contribution < 1.29 is 35.8 Å². The Hall–Kier alpha value is -3.50. The molecule has 0 amide bonds. The Morgan fingerprint density at radius 1 is 0.655 bits per heavy atom. The van der Waals surface area contributed by atoms with E-state index >= 15 is 0 Å². The van der Waals surface area contributed by atoms with Crippen molar-refractivity contribution in [2.75, 3.05) is 5.73 Å². The van der Waals surface area contributed by atoms with Crippen LogP contribution in [-0.2, 0) is 12.4 Å². The number of hydrogen-bond donors (Lipinski definition) is 1. The monoisotopic (exact) mass is 415 g/mol. The molecule has 2 aromatic carbocycles. The van der Waals surface area contributed by atoms with Crippen molar-refractivity contribution in [3.8, 4) is 23.3 Å². The van der Waals surface area contributed by atoms with E-state index in [9.17, 15) is 26.3 Å². The second-order valence-electron chi connectivity index (χ2n) is 5.66. The van der Waals surface area contributed by atoms with Gasteiger partial charge in [0.15, 0.2) is 0 Å². The van der Waals surface area contributed by atoms with Gasteiger partial charge in [0.25, 0.3) is 0 Å². The number of nitrogens with two attached hydrogens (primary N) is 1. The summed E-state index contributed by atoms with van der Waals surface area (Å²) in [5.74, 6) is -1.21. The first-order valence-corrected chi connectivity index (χ1v) is 7.85. The maximum absolute atomic E-state index is 12.8. The number of anilines is 1. The quantitative estimate of drug-likeness (QED) is 0.555. The van der Waals surface area contributed by atoms with Crippen LogP contribution in [-0.4, -0.2) is 9.97 Å². The maximum atomic E-state index is 12.8. The summed E-state index contributed by atoms with van der Waals surface area (Å²) in [6.45, 7) is 0. The van der Waals surface area contributed by atoms with Crippen LogP contribution in [0.15, 0.2) is 54.6 Å².